The molecule has 108 valence electrons. The zero-order chi connectivity index (χ0) is 14.9. The highest BCUT2D eigenvalue weighted by molar-refractivity contribution is 5.84. The van der Waals surface area contributed by atoms with Crippen molar-refractivity contribution < 1.29 is 23.5 Å². The maximum absolute atomic E-state index is 13.0. The van der Waals surface area contributed by atoms with Gasteiger partial charge in [-0.2, -0.15) is 0 Å². The molecule has 1 fully saturated rings. The molecule has 0 spiro atoms. The number of hydrogen-bond donors (Lipinski definition) is 2. The highest BCUT2D eigenvalue weighted by Crippen LogP contribution is 2.20. The van der Waals surface area contributed by atoms with Gasteiger partial charge in [-0.05, 0) is 24.1 Å². The van der Waals surface area contributed by atoms with Crippen molar-refractivity contribution in [1.82, 2.24) is 4.90 Å². The van der Waals surface area contributed by atoms with E-state index in [2.05, 4.69) is 0 Å². The fourth-order valence-corrected chi connectivity index (χ4v) is 2.16. The predicted molar refractivity (Wildman–Crippen MR) is 65.8 cm³/mol. The van der Waals surface area contributed by atoms with Gasteiger partial charge < -0.3 is 15.7 Å². The Labute approximate surface area is 114 Å². The van der Waals surface area contributed by atoms with Crippen molar-refractivity contribution in [2.45, 2.75) is 18.4 Å². The molecule has 1 aromatic carbocycles. The van der Waals surface area contributed by atoms with Gasteiger partial charge in [-0.3, -0.25) is 9.59 Å². The fourth-order valence-electron chi connectivity index (χ4n) is 2.16. The highest BCUT2D eigenvalue weighted by Gasteiger charge is 2.42. The van der Waals surface area contributed by atoms with E-state index in [1.807, 2.05) is 0 Å². The third-order valence-electron chi connectivity index (χ3n) is 3.42. The number of amides is 1. The van der Waals surface area contributed by atoms with Gasteiger partial charge >= 0.3 is 5.97 Å². The molecule has 20 heavy (non-hydrogen) atoms. The van der Waals surface area contributed by atoms with E-state index in [0.29, 0.717) is 5.56 Å². The van der Waals surface area contributed by atoms with E-state index < -0.39 is 23.1 Å². The zero-order valence-corrected chi connectivity index (χ0v) is 10.6. The lowest BCUT2D eigenvalue weighted by molar-refractivity contribution is -0.143. The monoisotopic (exact) mass is 284 g/mol. The molecule has 0 bridgehead atoms. The van der Waals surface area contributed by atoms with Crippen LogP contribution in [0.4, 0.5) is 8.78 Å². The van der Waals surface area contributed by atoms with Gasteiger partial charge in [-0.25, -0.2) is 8.78 Å². The van der Waals surface area contributed by atoms with Gasteiger partial charge in [-0.15, -0.1) is 0 Å². The first-order valence-electron chi connectivity index (χ1n) is 6.06. The van der Waals surface area contributed by atoms with Crippen molar-refractivity contribution in [2.75, 3.05) is 13.1 Å². The van der Waals surface area contributed by atoms with Crippen LogP contribution in [0.2, 0.25) is 0 Å². The molecule has 0 aliphatic carbocycles. The summed E-state index contributed by atoms with van der Waals surface area (Å²) in [6.07, 6.45) is 0.0543. The molecule has 5 nitrogen and oxygen atoms in total. The Morgan fingerprint density at radius 2 is 2.05 bits per heavy atom. The van der Waals surface area contributed by atoms with Crippen LogP contribution in [-0.4, -0.2) is 40.5 Å². The molecule has 3 N–H and O–H groups in total. The fraction of sp³-hybridized carbons (Fsp3) is 0.385. The minimum Gasteiger partial charge on any atom is -0.480 e. The normalized spacial score (nSPS) is 22.1. The third-order valence-corrected chi connectivity index (χ3v) is 3.42. The molecule has 1 aliphatic rings. The number of carbonyl (C=O) groups excluding carboxylic acids is 1. The Bertz CT molecular complexity index is 565. The summed E-state index contributed by atoms with van der Waals surface area (Å²) in [5.41, 5.74) is 4.57. The van der Waals surface area contributed by atoms with Crippen LogP contribution >= 0.6 is 0 Å². The topological polar surface area (TPSA) is 83.6 Å². The van der Waals surface area contributed by atoms with Crippen molar-refractivity contribution in [3.8, 4) is 0 Å². The number of likely N-dealkylation sites (tertiary alicyclic amines) is 1. The van der Waals surface area contributed by atoms with Gasteiger partial charge in [-0.1, -0.05) is 6.07 Å². The Balaban J connectivity index is 2.03. The zero-order valence-electron chi connectivity index (χ0n) is 10.6. The van der Waals surface area contributed by atoms with Crippen LogP contribution in [0.1, 0.15) is 12.0 Å². The van der Waals surface area contributed by atoms with Gasteiger partial charge in [0.25, 0.3) is 0 Å². The lowest BCUT2D eigenvalue weighted by Gasteiger charge is -2.20. The quantitative estimate of drug-likeness (QED) is 0.847. The van der Waals surface area contributed by atoms with Crippen LogP contribution in [0.15, 0.2) is 18.2 Å². The number of nitrogens with zero attached hydrogens (tertiary/aromatic N) is 1. The van der Waals surface area contributed by atoms with Crippen molar-refractivity contribution in [3.05, 3.63) is 35.4 Å². The average molecular weight is 284 g/mol. The van der Waals surface area contributed by atoms with E-state index in [-0.39, 0.29) is 31.8 Å². The first-order valence-corrected chi connectivity index (χ1v) is 6.06. The van der Waals surface area contributed by atoms with Gasteiger partial charge in [0.2, 0.25) is 5.91 Å². The van der Waals surface area contributed by atoms with Crippen molar-refractivity contribution in [3.63, 3.8) is 0 Å². The molecular formula is C13H14F2N2O3. The number of carboxylic acid groups (broad SMARTS) is 1. The third kappa shape index (κ3) is 2.77. The number of halogens is 2. The van der Waals surface area contributed by atoms with Gasteiger partial charge in [0, 0.05) is 13.1 Å². The Morgan fingerprint density at radius 3 is 2.60 bits per heavy atom. The second-order valence-corrected chi connectivity index (χ2v) is 4.95. The summed E-state index contributed by atoms with van der Waals surface area (Å²) in [5.74, 6) is -3.50. The van der Waals surface area contributed by atoms with Crippen LogP contribution in [0.5, 0.6) is 0 Å². The van der Waals surface area contributed by atoms with Gasteiger partial charge in [0.15, 0.2) is 11.6 Å². The van der Waals surface area contributed by atoms with E-state index in [1.54, 1.807) is 0 Å². The SMILES string of the molecule is NC1(C(=O)O)CCN(C(=O)Cc2ccc(F)c(F)c2)C1. The molecule has 1 atom stereocenters. The van der Waals surface area contributed by atoms with E-state index in [1.165, 1.54) is 11.0 Å². The molecule has 0 aromatic heterocycles. The molecule has 1 heterocycles. The number of rotatable bonds is 3. The molecular weight excluding hydrogens is 270 g/mol. The molecule has 1 amide bonds. The van der Waals surface area contributed by atoms with Crippen molar-refractivity contribution in [1.29, 1.82) is 0 Å². The van der Waals surface area contributed by atoms with Gasteiger partial charge in [0.05, 0.1) is 6.42 Å². The molecule has 0 saturated carbocycles. The van der Waals surface area contributed by atoms with E-state index in [0.717, 1.165) is 12.1 Å². The molecule has 0 radical (unpaired) electrons. The lowest BCUT2D eigenvalue weighted by Crippen LogP contribution is -2.50. The number of carboxylic acids is 1. The minimum absolute atomic E-state index is 0.0785. The lowest BCUT2D eigenvalue weighted by atomic mass is 10.0. The maximum atomic E-state index is 13.0. The summed E-state index contributed by atoms with van der Waals surface area (Å²) in [6, 6.07) is 3.22. The van der Waals surface area contributed by atoms with Crippen LogP contribution in [0.25, 0.3) is 0 Å². The summed E-state index contributed by atoms with van der Waals surface area (Å²) >= 11 is 0. The van der Waals surface area contributed by atoms with Crippen LogP contribution in [0, 0.1) is 11.6 Å². The summed E-state index contributed by atoms with van der Waals surface area (Å²) in [7, 11) is 0. The molecule has 2 rings (SSSR count). The predicted octanol–water partition coefficient (Wildman–Crippen LogP) is 0.522. The maximum Gasteiger partial charge on any atom is 0.325 e. The van der Waals surface area contributed by atoms with Crippen LogP contribution in [0.3, 0.4) is 0 Å². The molecule has 1 aliphatic heterocycles. The molecule has 7 heteroatoms. The van der Waals surface area contributed by atoms with E-state index in [4.69, 9.17) is 10.8 Å². The second kappa shape index (κ2) is 5.16. The smallest absolute Gasteiger partial charge is 0.325 e. The Hall–Kier alpha value is -2.02. The minimum atomic E-state index is -1.43. The summed E-state index contributed by atoms with van der Waals surface area (Å²) in [4.78, 5) is 24.3. The highest BCUT2D eigenvalue weighted by atomic mass is 19.2. The van der Waals surface area contributed by atoms with E-state index >= 15 is 0 Å². The largest absolute Gasteiger partial charge is 0.480 e. The van der Waals surface area contributed by atoms with Gasteiger partial charge in [0.1, 0.15) is 5.54 Å². The average Bonchev–Trinajstić information content (AvgIpc) is 2.78. The molecule has 1 aromatic rings. The second-order valence-electron chi connectivity index (χ2n) is 4.95. The standard InChI is InChI=1S/C13H14F2N2O3/c14-9-2-1-8(5-10(9)15)6-11(18)17-4-3-13(16,7-17)12(19)20/h1-2,5H,3-4,6-7,16H2,(H,19,20). The molecule has 1 unspecified atom stereocenters. The first-order chi connectivity index (χ1) is 9.32. The summed E-state index contributed by atoms with van der Waals surface area (Å²) < 4.78 is 25.8. The number of benzene rings is 1. The summed E-state index contributed by atoms with van der Waals surface area (Å²) in [6.45, 7) is 0.163. The number of carbonyl (C=O) groups is 2. The molecule has 1 saturated heterocycles. The summed E-state index contributed by atoms with van der Waals surface area (Å²) in [5, 5.41) is 8.97. The first kappa shape index (κ1) is 14.4. The van der Waals surface area contributed by atoms with Crippen LogP contribution < -0.4 is 5.73 Å². The number of hydrogen-bond acceptors (Lipinski definition) is 3. The van der Waals surface area contributed by atoms with Crippen molar-refractivity contribution >= 4 is 11.9 Å². The van der Waals surface area contributed by atoms with E-state index in [9.17, 15) is 18.4 Å². The number of aliphatic carboxylic acids is 1. The Kier molecular flexibility index (Phi) is 3.71. The van der Waals surface area contributed by atoms with Crippen molar-refractivity contribution in [2.24, 2.45) is 5.73 Å². The number of nitrogens with two attached hydrogens (primary N) is 1. The van der Waals surface area contributed by atoms with Crippen LogP contribution in [-0.2, 0) is 16.0 Å². The Morgan fingerprint density at radius 1 is 1.35 bits per heavy atom.